The first-order chi connectivity index (χ1) is 18.9. The summed E-state index contributed by atoms with van der Waals surface area (Å²) in [7, 11) is 1.51. The number of benzene rings is 1. The van der Waals surface area contributed by atoms with E-state index in [1.807, 2.05) is 0 Å². The molecular weight excluding hydrogens is 506 g/mol. The quantitative estimate of drug-likeness (QED) is 0.283. The number of fused-ring (bicyclic) bond motifs is 2. The maximum atomic E-state index is 13.9. The van der Waals surface area contributed by atoms with Crippen LogP contribution in [0.4, 0.5) is 4.79 Å². The molecule has 6 rings (SSSR count). The molecule has 12 nitrogen and oxygen atoms in total. The predicted octanol–water partition coefficient (Wildman–Crippen LogP) is 2.45. The topological polar surface area (TPSA) is 144 Å². The minimum absolute atomic E-state index is 0.117. The first-order valence-corrected chi connectivity index (χ1v) is 11.9. The van der Waals surface area contributed by atoms with Gasteiger partial charge in [0.15, 0.2) is 12.3 Å². The van der Waals surface area contributed by atoms with Crippen molar-refractivity contribution in [1.29, 1.82) is 0 Å². The van der Waals surface area contributed by atoms with Crippen molar-refractivity contribution in [2.24, 2.45) is 0 Å². The standard InChI is InChI=1S/C27H21N5O7/c1-37-19-5-4-17-13-31(23(33)20(17)10-19)14-27(22-9-18-12-29-8-6-21(18)39-22)25(35)32(26(36)30-27)15-38-24(34)16-3-2-7-28-11-16/h2-12H,13-15H2,1H3,(H,30,36)/t27-/m0/s1. The van der Waals surface area contributed by atoms with Gasteiger partial charge >= 0.3 is 12.0 Å². The monoisotopic (exact) mass is 527 g/mol. The van der Waals surface area contributed by atoms with Crippen LogP contribution in [0.1, 0.15) is 32.0 Å². The van der Waals surface area contributed by atoms with E-state index in [1.165, 1.54) is 36.7 Å². The molecule has 0 unspecified atom stereocenters. The van der Waals surface area contributed by atoms with Crippen molar-refractivity contribution in [3.8, 4) is 5.75 Å². The largest absolute Gasteiger partial charge is 0.497 e. The number of imide groups is 1. The number of aromatic nitrogens is 2. The molecule has 39 heavy (non-hydrogen) atoms. The molecule has 4 aromatic rings. The molecule has 2 aliphatic heterocycles. The molecule has 1 atom stereocenters. The second-order valence-electron chi connectivity index (χ2n) is 9.08. The number of nitrogens with zero attached hydrogens (tertiary/aromatic N) is 4. The van der Waals surface area contributed by atoms with Crippen molar-refractivity contribution in [3.05, 3.63) is 89.7 Å². The van der Waals surface area contributed by atoms with Crippen LogP contribution in [0.25, 0.3) is 11.0 Å². The van der Waals surface area contributed by atoms with Crippen LogP contribution < -0.4 is 10.1 Å². The van der Waals surface area contributed by atoms with E-state index >= 15 is 0 Å². The van der Waals surface area contributed by atoms with Crippen LogP contribution in [0.3, 0.4) is 0 Å². The molecule has 4 amide bonds. The van der Waals surface area contributed by atoms with E-state index in [9.17, 15) is 19.2 Å². The summed E-state index contributed by atoms with van der Waals surface area (Å²) in [4.78, 5) is 63.0. The lowest BCUT2D eigenvalue weighted by molar-refractivity contribution is -0.135. The van der Waals surface area contributed by atoms with Crippen LogP contribution in [0, 0.1) is 0 Å². The van der Waals surface area contributed by atoms with Gasteiger partial charge in [-0.25, -0.2) is 14.5 Å². The van der Waals surface area contributed by atoms with Crippen LogP contribution >= 0.6 is 0 Å². The number of carbonyl (C=O) groups is 4. The average molecular weight is 527 g/mol. The molecule has 0 spiro atoms. The molecule has 1 aromatic carbocycles. The fraction of sp³-hybridized carbons (Fsp3) is 0.185. The zero-order valence-corrected chi connectivity index (χ0v) is 20.6. The number of ether oxygens (including phenoxy) is 2. The van der Waals surface area contributed by atoms with Crippen molar-refractivity contribution in [2.45, 2.75) is 12.1 Å². The number of amides is 4. The molecule has 2 aliphatic rings. The fourth-order valence-corrected chi connectivity index (χ4v) is 4.76. The van der Waals surface area contributed by atoms with Crippen LogP contribution in [-0.4, -0.2) is 64.0 Å². The Balaban J connectivity index is 1.33. The molecule has 1 fully saturated rings. The summed E-state index contributed by atoms with van der Waals surface area (Å²) in [6.07, 6.45) is 5.91. The van der Waals surface area contributed by atoms with Gasteiger partial charge < -0.3 is 24.1 Å². The van der Waals surface area contributed by atoms with Gasteiger partial charge in [0.25, 0.3) is 11.8 Å². The van der Waals surface area contributed by atoms with Gasteiger partial charge in [-0.3, -0.25) is 19.6 Å². The lowest BCUT2D eigenvalue weighted by Gasteiger charge is -2.29. The van der Waals surface area contributed by atoms with Crippen molar-refractivity contribution in [2.75, 3.05) is 20.4 Å². The van der Waals surface area contributed by atoms with Crippen molar-refractivity contribution in [1.82, 2.24) is 25.1 Å². The van der Waals surface area contributed by atoms with E-state index < -0.39 is 30.2 Å². The maximum Gasteiger partial charge on any atom is 0.341 e. The molecular formula is C27H21N5O7. The third-order valence-electron chi connectivity index (χ3n) is 6.76. The normalized spacial score (nSPS) is 18.4. The second-order valence-corrected chi connectivity index (χ2v) is 9.08. The summed E-state index contributed by atoms with van der Waals surface area (Å²) >= 11 is 0. The number of furan rings is 1. The Hall–Kier alpha value is -5.26. The van der Waals surface area contributed by atoms with Gasteiger partial charge in [0.05, 0.1) is 19.2 Å². The highest BCUT2D eigenvalue weighted by Crippen LogP contribution is 2.37. The molecule has 0 saturated carbocycles. The third-order valence-corrected chi connectivity index (χ3v) is 6.76. The van der Waals surface area contributed by atoms with Crippen molar-refractivity contribution < 1.29 is 33.1 Å². The van der Waals surface area contributed by atoms with Crippen LogP contribution in [0.2, 0.25) is 0 Å². The van der Waals surface area contributed by atoms with Gasteiger partial charge in [0.2, 0.25) is 0 Å². The Morgan fingerprint density at radius 2 is 1.95 bits per heavy atom. The Morgan fingerprint density at radius 1 is 1.10 bits per heavy atom. The number of urea groups is 1. The van der Waals surface area contributed by atoms with Gasteiger partial charge in [-0.05, 0) is 42.0 Å². The van der Waals surface area contributed by atoms with E-state index in [0.717, 1.165) is 10.5 Å². The summed E-state index contributed by atoms with van der Waals surface area (Å²) in [5.41, 5.74) is 0.0275. The Bertz CT molecular complexity index is 1600. The highest BCUT2D eigenvalue weighted by molar-refractivity contribution is 6.08. The zero-order valence-electron chi connectivity index (χ0n) is 20.6. The molecule has 0 radical (unpaired) electrons. The zero-order chi connectivity index (χ0) is 27.1. The lowest BCUT2D eigenvalue weighted by atomic mass is 9.95. The Morgan fingerprint density at radius 3 is 2.72 bits per heavy atom. The third kappa shape index (κ3) is 4.02. The maximum absolute atomic E-state index is 13.9. The molecule has 0 aliphatic carbocycles. The van der Waals surface area contributed by atoms with Gasteiger partial charge in [-0.2, -0.15) is 0 Å². The van der Waals surface area contributed by atoms with E-state index in [1.54, 1.807) is 42.6 Å². The van der Waals surface area contributed by atoms with Gasteiger partial charge in [-0.15, -0.1) is 0 Å². The number of methoxy groups -OCH3 is 1. The van der Waals surface area contributed by atoms with E-state index in [0.29, 0.717) is 22.3 Å². The molecule has 1 N–H and O–H groups in total. The first kappa shape index (κ1) is 24.1. The molecule has 196 valence electrons. The van der Waals surface area contributed by atoms with E-state index in [-0.39, 0.29) is 30.3 Å². The van der Waals surface area contributed by atoms with Crippen LogP contribution in [0.5, 0.6) is 5.75 Å². The first-order valence-electron chi connectivity index (χ1n) is 11.9. The SMILES string of the molecule is COc1ccc2c(c1)C(=O)N(C[C@@]1(c3cc4cnccc4o3)NC(=O)N(COC(=O)c3cccnc3)C1=O)C2. The van der Waals surface area contributed by atoms with Gasteiger partial charge in [0, 0.05) is 42.3 Å². The number of nitrogens with one attached hydrogen (secondary N) is 1. The van der Waals surface area contributed by atoms with Gasteiger partial charge in [-0.1, -0.05) is 6.07 Å². The highest BCUT2D eigenvalue weighted by atomic mass is 16.5. The van der Waals surface area contributed by atoms with Crippen LogP contribution in [0.15, 0.2) is 71.7 Å². The van der Waals surface area contributed by atoms with Gasteiger partial charge in [0.1, 0.15) is 17.1 Å². The smallest absolute Gasteiger partial charge is 0.341 e. The number of esters is 1. The van der Waals surface area contributed by atoms with Crippen LogP contribution in [-0.2, 0) is 21.6 Å². The number of rotatable bonds is 7. The minimum atomic E-state index is -1.78. The summed E-state index contributed by atoms with van der Waals surface area (Å²) in [6, 6.07) is 10.7. The number of hydrogen-bond donors (Lipinski definition) is 1. The highest BCUT2D eigenvalue weighted by Gasteiger charge is 2.57. The summed E-state index contributed by atoms with van der Waals surface area (Å²) in [5.74, 6) is -1.18. The molecule has 1 saturated heterocycles. The fourth-order valence-electron chi connectivity index (χ4n) is 4.76. The number of carbonyl (C=O) groups excluding carboxylic acids is 4. The van der Waals surface area contributed by atoms with E-state index in [2.05, 4.69) is 15.3 Å². The second kappa shape index (κ2) is 9.24. The molecule has 5 heterocycles. The number of pyridine rings is 2. The average Bonchev–Trinajstić information content (AvgIpc) is 3.60. The molecule has 3 aromatic heterocycles. The van der Waals surface area contributed by atoms with Crippen molar-refractivity contribution in [3.63, 3.8) is 0 Å². The predicted molar refractivity (Wildman–Crippen MR) is 133 cm³/mol. The Labute approximate surface area is 221 Å². The summed E-state index contributed by atoms with van der Waals surface area (Å²) in [5, 5.41) is 3.31. The lowest BCUT2D eigenvalue weighted by Crippen LogP contribution is -2.52. The summed E-state index contributed by atoms with van der Waals surface area (Å²) in [6.45, 7) is -0.665. The minimum Gasteiger partial charge on any atom is -0.497 e. The van der Waals surface area contributed by atoms with Crippen molar-refractivity contribution >= 4 is 34.8 Å². The molecule has 12 heteroatoms. The molecule has 0 bridgehead atoms. The Kier molecular flexibility index (Phi) is 5.71. The summed E-state index contributed by atoms with van der Waals surface area (Å²) < 4.78 is 16.5. The van der Waals surface area contributed by atoms with E-state index in [4.69, 9.17) is 13.9 Å². The number of hydrogen-bond acceptors (Lipinski definition) is 9.